The number of anilines is 4. The van der Waals surface area contributed by atoms with Gasteiger partial charge in [0.2, 0.25) is 0 Å². The van der Waals surface area contributed by atoms with Crippen LogP contribution in [0.25, 0.3) is 0 Å². The van der Waals surface area contributed by atoms with E-state index in [0.717, 1.165) is 30.2 Å². The third-order valence-corrected chi connectivity index (χ3v) is 3.99. The van der Waals surface area contributed by atoms with Crippen LogP contribution in [-0.2, 0) is 0 Å². The Morgan fingerprint density at radius 2 is 1.25 bits per heavy atom. The molecule has 2 aromatic carbocycles. The van der Waals surface area contributed by atoms with E-state index < -0.39 is 10.2 Å². The maximum Gasteiger partial charge on any atom is 0.0777 e. The predicted molar refractivity (Wildman–Crippen MR) is 105 cm³/mol. The average Bonchev–Trinajstić information content (AvgIpc) is 2.63. The fraction of sp³-hybridized carbons (Fsp3) is 0.400. The van der Waals surface area contributed by atoms with Crippen LogP contribution in [0.5, 0.6) is 0 Å². The first-order chi connectivity index (χ1) is 13.2. The van der Waals surface area contributed by atoms with Crippen LogP contribution in [0.3, 0.4) is 0 Å². The molecule has 0 fully saturated rings. The number of nitrogen functional groups attached to an aromatic ring is 1. The fourth-order valence-electron chi connectivity index (χ4n) is 2.56. The smallest absolute Gasteiger partial charge is 0.0777 e. The fourth-order valence-corrected chi connectivity index (χ4v) is 2.56. The van der Waals surface area contributed by atoms with E-state index in [4.69, 9.17) is 24.4 Å². The lowest BCUT2D eigenvalue weighted by atomic mass is 10.2. The molecule has 0 saturated heterocycles. The van der Waals surface area contributed by atoms with Crippen molar-refractivity contribution in [2.75, 3.05) is 29.0 Å². The van der Waals surface area contributed by atoms with Crippen LogP contribution >= 0.6 is 0 Å². The Morgan fingerprint density at radius 1 is 0.857 bits per heavy atom. The molecule has 0 aliphatic heterocycles. The summed E-state index contributed by atoms with van der Waals surface area (Å²) in [6.45, 7) is 6.78. The molecular formula is C20H30ClN3O4. The molecule has 0 aromatic heterocycles. The number of rotatable bonds is 9. The minimum atomic E-state index is -4.69. The van der Waals surface area contributed by atoms with Gasteiger partial charge in [0.25, 0.3) is 0 Å². The molecule has 0 saturated carbocycles. The molecule has 2 aromatic rings. The van der Waals surface area contributed by atoms with Crippen LogP contribution < -0.4 is 29.9 Å². The largest absolute Gasteiger partial charge is 0.399 e. The van der Waals surface area contributed by atoms with Gasteiger partial charge in [-0.2, -0.15) is 14.0 Å². The monoisotopic (exact) mass is 411 g/mol. The van der Waals surface area contributed by atoms with Gasteiger partial charge >= 0.3 is 0 Å². The first-order valence-electron chi connectivity index (χ1n) is 9.33. The Balaban J connectivity index is 0.000000696. The van der Waals surface area contributed by atoms with E-state index in [9.17, 15) is 0 Å². The van der Waals surface area contributed by atoms with E-state index in [1.54, 1.807) is 0 Å². The number of benzene rings is 2. The van der Waals surface area contributed by atoms with Crippen molar-refractivity contribution in [1.29, 1.82) is 0 Å². The Bertz CT molecular complexity index is 647. The van der Waals surface area contributed by atoms with Crippen molar-refractivity contribution in [2.24, 2.45) is 0 Å². The SMILES string of the molecule is CCCCN(CCCC)c1ccc(Nc2ccc(N)cc2)cc1.[O-][Cl+3]([O-])([O-])O. The summed E-state index contributed by atoms with van der Waals surface area (Å²) in [5.41, 5.74) is 9.98. The van der Waals surface area contributed by atoms with E-state index in [1.165, 1.54) is 31.4 Å². The maximum absolute atomic E-state index is 8.60. The first kappa shape index (κ1) is 24.0. The number of nitrogens with two attached hydrogens (primary N) is 1. The van der Waals surface area contributed by atoms with Gasteiger partial charge in [-0.1, -0.05) is 26.7 Å². The molecule has 0 aliphatic carbocycles. The minimum Gasteiger partial charge on any atom is -0.399 e. The second-order valence-electron chi connectivity index (χ2n) is 6.38. The Kier molecular flexibility index (Phi) is 10.7. The summed E-state index contributed by atoms with van der Waals surface area (Å²) in [5.74, 6) is 0. The molecule has 0 bridgehead atoms. The maximum atomic E-state index is 8.60. The summed E-state index contributed by atoms with van der Waals surface area (Å²) >= 11 is 0. The van der Waals surface area contributed by atoms with Gasteiger partial charge in [-0.15, -0.1) is 0 Å². The number of halogens is 1. The van der Waals surface area contributed by atoms with E-state index >= 15 is 0 Å². The predicted octanol–water partition coefficient (Wildman–Crippen LogP) is 1.29. The van der Waals surface area contributed by atoms with Crippen molar-refractivity contribution in [3.8, 4) is 0 Å². The van der Waals surface area contributed by atoms with E-state index in [2.05, 4.69) is 48.3 Å². The van der Waals surface area contributed by atoms with Gasteiger partial charge < -0.3 is 16.0 Å². The molecule has 0 heterocycles. The van der Waals surface area contributed by atoms with E-state index in [1.807, 2.05) is 24.3 Å². The number of nitrogens with zero attached hydrogens (tertiary/aromatic N) is 1. The lowest BCUT2D eigenvalue weighted by Crippen LogP contribution is -2.58. The molecule has 0 aliphatic rings. The van der Waals surface area contributed by atoms with Gasteiger partial charge in [0.05, 0.1) is 14.9 Å². The van der Waals surface area contributed by atoms with Crippen molar-refractivity contribution in [3.05, 3.63) is 48.5 Å². The third kappa shape index (κ3) is 11.0. The summed E-state index contributed by atoms with van der Waals surface area (Å²) in [6.07, 6.45) is 4.96. The summed E-state index contributed by atoms with van der Waals surface area (Å²) < 4.78 is 32.7. The van der Waals surface area contributed by atoms with Gasteiger partial charge in [-0.05, 0) is 61.4 Å². The van der Waals surface area contributed by atoms with Crippen molar-refractivity contribution in [2.45, 2.75) is 39.5 Å². The zero-order valence-corrected chi connectivity index (χ0v) is 17.2. The second-order valence-corrected chi connectivity index (χ2v) is 7.18. The molecule has 0 spiro atoms. The molecule has 0 unspecified atom stereocenters. The molecule has 4 N–H and O–H groups in total. The van der Waals surface area contributed by atoms with Crippen molar-refractivity contribution in [3.63, 3.8) is 0 Å². The summed E-state index contributed by atoms with van der Waals surface area (Å²) in [6, 6.07) is 16.5. The van der Waals surface area contributed by atoms with Crippen LogP contribution in [0.2, 0.25) is 0 Å². The average molecular weight is 412 g/mol. The second kappa shape index (κ2) is 12.4. The van der Waals surface area contributed by atoms with Gasteiger partial charge in [-0.3, -0.25) is 0 Å². The number of nitrogens with one attached hydrogen (secondary N) is 1. The highest BCUT2D eigenvalue weighted by Crippen LogP contribution is 2.22. The highest BCUT2D eigenvalue weighted by atomic mass is 35.7. The quantitative estimate of drug-likeness (QED) is 0.530. The standard InChI is InChI=1S/C20H29N3.ClHO4/c1-3-5-15-23(16-6-4-2)20-13-11-19(12-14-20)22-18-9-7-17(21)8-10-18;2-1(3,4)5/h7-14,22H,3-6,15-16,21H2,1-2H3;(H,2,3,4,5). The lowest BCUT2D eigenvalue weighted by molar-refractivity contribution is -1.92. The van der Waals surface area contributed by atoms with Crippen LogP contribution in [0.4, 0.5) is 22.7 Å². The van der Waals surface area contributed by atoms with Crippen molar-refractivity contribution in [1.82, 2.24) is 0 Å². The van der Waals surface area contributed by atoms with E-state index in [-0.39, 0.29) is 0 Å². The third-order valence-electron chi connectivity index (χ3n) is 3.99. The normalized spacial score (nSPS) is 10.8. The van der Waals surface area contributed by atoms with Gasteiger partial charge in [0.1, 0.15) is 0 Å². The number of hydrogen-bond donors (Lipinski definition) is 3. The number of unbranched alkanes of at least 4 members (excludes halogenated alkanes) is 2. The molecule has 7 nitrogen and oxygen atoms in total. The molecule has 28 heavy (non-hydrogen) atoms. The molecule has 0 atom stereocenters. The zero-order valence-electron chi connectivity index (χ0n) is 16.4. The van der Waals surface area contributed by atoms with Crippen LogP contribution in [0, 0.1) is 10.2 Å². The Labute approximate surface area is 169 Å². The summed E-state index contributed by atoms with van der Waals surface area (Å²) in [5, 5.41) is 3.41. The summed E-state index contributed by atoms with van der Waals surface area (Å²) in [7, 11) is -4.69. The molecule has 156 valence electrons. The van der Waals surface area contributed by atoms with Crippen molar-refractivity contribution >= 4 is 22.7 Å². The number of hydrogen-bond acceptors (Lipinski definition) is 7. The van der Waals surface area contributed by atoms with Gasteiger partial charge in [-0.25, -0.2) is 0 Å². The molecule has 2 rings (SSSR count). The summed E-state index contributed by atoms with van der Waals surface area (Å²) in [4.78, 5) is 2.50. The minimum absolute atomic E-state index is 0.786. The molecule has 8 heteroatoms. The lowest BCUT2D eigenvalue weighted by Gasteiger charge is -2.25. The Hall–Kier alpha value is -2.03. The van der Waals surface area contributed by atoms with Crippen LogP contribution in [-0.4, -0.2) is 17.7 Å². The highest BCUT2D eigenvalue weighted by molar-refractivity contribution is 5.64. The topological polar surface area (TPSA) is 131 Å². The van der Waals surface area contributed by atoms with Crippen LogP contribution in [0.15, 0.2) is 48.5 Å². The van der Waals surface area contributed by atoms with Gasteiger partial charge in [0, 0.05) is 35.8 Å². The molecule has 0 amide bonds. The molecular weight excluding hydrogens is 382 g/mol. The Morgan fingerprint density at radius 3 is 1.64 bits per heavy atom. The zero-order chi connectivity index (χ0) is 21.0. The highest BCUT2D eigenvalue weighted by Gasteiger charge is 2.05. The van der Waals surface area contributed by atoms with Crippen LogP contribution in [0.1, 0.15) is 39.5 Å². The van der Waals surface area contributed by atoms with Crippen molar-refractivity contribution < 1.29 is 28.9 Å². The first-order valence-corrected chi connectivity index (χ1v) is 10.6. The molecule has 0 radical (unpaired) electrons. The van der Waals surface area contributed by atoms with E-state index in [0.29, 0.717) is 0 Å². The van der Waals surface area contributed by atoms with Gasteiger partial charge in [0.15, 0.2) is 0 Å².